The van der Waals surface area contributed by atoms with Crippen LogP contribution in [0.25, 0.3) is 0 Å². The number of rotatable bonds is 4. The van der Waals surface area contributed by atoms with Crippen LogP contribution in [0, 0.1) is 0 Å². The lowest BCUT2D eigenvalue weighted by atomic mass is 10.1. The van der Waals surface area contributed by atoms with Crippen molar-refractivity contribution in [3.63, 3.8) is 0 Å². The van der Waals surface area contributed by atoms with Crippen molar-refractivity contribution in [2.45, 2.75) is 13.0 Å². The van der Waals surface area contributed by atoms with E-state index in [0.717, 1.165) is 11.3 Å². The number of anilines is 1. The second-order valence-electron chi connectivity index (χ2n) is 6.51. The SMILES string of the molecule is O=C(Nc1ccc2c(c1)OCCCO2)c1cccc(CN2C(=O)CNC2=O)c1. The fourth-order valence-corrected chi connectivity index (χ4v) is 3.05. The van der Waals surface area contributed by atoms with Crippen LogP contribution in [0.15, 0.2) is 42.5 Å². The third kappa shape index (κ3) is 3.75. The predicted octanol–water partition coefficient (Wildman–Crippen LogP) is 2.15. The number of carbonyl (C=O) groups is 3. The number of amides is 4. The molecule has 2 aliphatic heterocycles. The van der Waals surface area contributed by atoms with Crippen molar-refractivity contribution < 1.29 is 23.9 Å². The highest BCUT2D eigenvalue weighted by Crippen LogP contribution is 2.32. The largest absolute Gasteiger partial charge is 0.490 e. The average molecular weight is 381 g/mol. The van der Waals surface area contributed by atoms with Crippen molar-refractivity contribution in [3.05, 3.63) is 53.6 Å². The van der Waals surface area contributed by atoms with E-state index in [-0.39, 0.29) is 24.9 Å². The molecule has 0 atom stereocenters. The predicted molar refractivity (Wildman–Crippen MR) is 100 cm³/mol. The first-order valence-electron chi connectivity index (χ1n) is 8.98. The molecule has 0 aromatic heterocycles. The van der Waals surface area contributed by atoms with Crippen LogP contribution in [0.5, 0.6) is 11.5 Å². The number of urea groups is 1. The molecular formula is C20H19N3O5. The summed E-state index contributed by atoms with van der Waals surface area (Å²) in [5.41, 5.74) is 1.71. The molecule has 0 saturated carbocycles. The molecule has 0 aliphatic carbocycles. The Morgan fingerprint density at radius 2 is 1.89 bits per heavy atom. The Morgan fingerprint density at radius 1 is 1.07 bits per heavy atom. The van der Waals surface area contributed by atoms with E-state index >= 15 is 0 Å². The zero-order chi connectivity index (χ0) is 19.5. The molecular weight excluding hydrogens is 362 g/mol. The minimum Gasteiger partial charge on any atom is -0.490 e. The van der Waals surface area contributed by atoms with Gasteiger partial charge in [0.15, 0.2) is 11.5 Å². The summed E-state index contributed by atoms with van der Waals surface area (Å²) < 4.78 is 11.2. The summed E-state index contributed by atoms with van der Waals surface area (Å²) in [6.07, 6.45) is 0.806. The molecule has 8 heteroatoms. The number of hydrogen-bond acceptors (Lipinski definition) is 5. The van der Waals surface area contributed by atoms with Gasteiger partial charge in [0.05, 0.1) is 26.3 Å². The van der Waals surface area contributed by atoms with Gasteiger partial charge in [0.1, 0.15) is 0 Å². The van der Waals surface area contributed by atoms with Gasteiger partial charge in [-0.2, -0.15) is 0 Å². The molecule has 2 heterocycles. The topological polar surface area (TPSA) is 97.0 Å². The van der Waals surface area contributed by atoms with Gasteiger partial charge in [-0.25, -0.2) is 4.79 Å². The molecule has 28 heavy (non-hydrogen) atoms. The maximum Gasteiger partial charge on any atom is 0.324 e. The van der Waals surface area contributed by atoms with Gasteiger partial charge in [-0.05, 0) is 29.8 Å². The monoisotopic (exact) mass is 381 g/mol. The molecule has 144 valence electrons. The van der Waals surface area contributed by atoms with E-state index in [1.807, 2.05) is 0 Å². The second kappa shape index (κ2) is 7.59. The minimum atomic E-state index is -0.424. The molecule has 2 N–H and O–H groups in total. The number of fused-ring (bicyclic) bond motifs is 1. The van der Waals surface area contributed by atoms with Gasteiger partial charge in [-0.3, -0.25) is 14.5 Å². The highest BCUT2D eigenvalue weighted by Gasteiger charge is 2.28. The van der Waals surface area contributed by atoms with E-state index in [9.17, 15) is 14.4 Å². The van der Waals surface area contributed by atoms with E-state index in [2.05, 4.69) is 10.6 Å². The quantitative estimate of drug-likeness (QED) is 0.791. The van der Waals surface area contributed by atoms with Crippen molar-refractivity contribution in [2.24, 2.45) is 0 Å². The zero-order valence-electron chi connectivity index (χ0n) is 15.1. The summed E-state index contributed by atoms with van der Waals surface area (Å²) in [6.45, 7) is 1.29. The Bertz CT molecular complexity index is 927. The van der Waals surface area contributed by atoms with Crippen molar-refractivity contribution in [1.29, 1.82) is 0 Å². The summed E-state index contributed by atoms with van der Waals surface area (Å²) in [5.74, 6) is 0.675. The first-order chi connectivity index (χ1) is 13.6. The lowest BCUT2D eigenvalue weighted by Gasteiger charge is -2.13. The van der Waals surface area contributed by atoms with Crippen molar-refractivity contribution in [1.82, 2.24) is 10.2 Å². The van der Waals surface area contributed by atoms with Crippen LogP contribution in [-0.4, -0.2) is 42.5 Å². The van der Waals surface area contributed by atoms with Crippen molar-refractivity contribution in [3.8, 4) is 11.5 Å². The lowest BCUT2D eigenvalue weighted by Crippen LogP contribution is -2.30. The van der Waals surface area contributed by atoms with E-state index < -0.39 is 6.03 Å². The standard InChI is InChI=1S/C20H19N3O5/c24-18-11-21-20(26)23(18)12-13-3-1-4-14(9-13)19(25)22-15-5-6-16-17(10-15)28-8-2-7-27-16/h1,3-6,9-10H,2,7-8,11-12H2,(H,21,26)(H,22,25). The maximum atomic E-state index is 12.6. The maximum absolute atomic E-state index is 12.6. The summed E-state index contributed by atoms with van der Waals surface area (Å²) in [4.78, 5) is 37.2. The molecule has 0 unspecified atom stereocenters. The van der Waals surface area contributed by atoms with Crippen LogP contribution in [0.3, 0.4) is 0 Å². The van der Waals surface area contributed by atoms with Crippen LogP contribution in [-0.2, 0) is 11.3 Å². The molecule has 1 fully saturated rings. The number of carbonyl (C=O) groups excluding carboxylic acids is 3. The van der Waals surface area contributed by atoms with Gasteiger partial charge < -0.3 is 20.1 Å². The lowest BCUT2D eigenvalue weighted by molar-refractivity contribution is -0.125. The minimum absolute atomic E-state index is 0.00310. The van der Waals surface area contributed by atoms with E-state index in [0.29, 0.717) is 41.5 Å². The Hall–Kier alpha value is -3.55. The molecule has 4 rings (SSSR count). The van der Waals surface area contributed by atoms with Crippen molar-refractivity contribution in [2.75, 3.05) is 25.1 Å². The van der Waals surface area contributed by atoms with Gasteiger partial charge in [0.2, 0.25) is 5.91 Å². The van der Waals surface area contributed by atoms with Gasteiger partial charge in [0, 0.05) is 23.7 Å². The molecule has 0 spiro atoms. The average Bonchev–Trinajstić information content (AvgIpc) is 2.89. The first-order valence-corrected chi connectivity index (χ1v) is 8.98. The molecule has 1 saturated heterocycles. The summed E-state index contributed by atoms with van der Waals surface area (Å²) >= 11 is 0. The molecule has 0 radical (unpaired) electrons. The fourth-order valence-electron chi connectivity index (χ4n) is 3.05. The van der Waals surface area contributed by atoms with Crippen LogP contribution >= 0.6 is 0 Å². The highest BCUT2D eigenvalue weighted by atomic mass is 16.5. The second-order valence-corrected chi connectivity index (χ2v) is 6.51. The Balaban J connectivity index is 1.47. The number of ether oxygens (including phenoxy) is 2. The third-order valence-corrected chi connectivity index (χ3v) is 4.47. The van der Waals surface area contributed by atoms with Gasteiger partial charge in [-0.15, -0.1) is 0 Å². The summed E-state index contributed by atoms with van der Waals surface area (Å²) in [6, 6.07) is 11.7. The molecule has 2 aromatic rings. The highest BCUT2D eigenvalue weighted by molar-refractivity contribution is 6.04. The molecule has 2 aromatic carbocycles. The number of imide groups is 1. The van der Waals surface area contributed by atoms with Gasteiger partial charge in [-0.1, -0.05) is 12.1 Å². The Morgan fingerprint density at radius 3 is 2.68 bits per heavy atom. The number of hydrogen-bond donors (Lipinski definition) is 2. The Kier molecular flexibility index (Phi) is 4.84. The molecule has 2 aliphatic rings. The molecule has 0 bridgehead atoms. The summed E-state index contributed by atoms with van der Waals surface area (Å²) in [7, 11) is 0. The normalized spacial score (nSPS) is 15.8. The van der Waals surface area contributed by atoms with E-state index in [1.165, 1.54) is 0 Å². The zero-order valence-corrected chi connectivity index (χ0v) is 15.1. The van der Waals surface area contributed by atoms with Crippen LogP contribution in [0.1, 0.15) is 22.3 Å². The first kappa shape index (κ1) is 17.8. The summed E-state index contributed by atoms with van der Waals surface area (Å²) in [5, 5.41) is 5.31. The van der Waals surface area contributed by atoms with Crippen LogP contribution in [0.2, 0.25) is 0 Å². The van der Waals surface area contributed by atoms with Crippen molar-refractivity contribution >= 4 is 23.5 Å². The molecule has 4 amide bonds. The van der Waals surface area contributed by atoms with Crippen LogP contribution in [0.4, 0.5) is 10.5 Å². The number of benzene rings is 2. The van der Waals surface area contributed by atoms with Gasteiger partial charge in [0.25, 0.3) is 5.91 Å². The number of nitrogens with zero attached hydrogens (tertiary/aromatic N) is 1. The number of nitrogens with one attached hydrogen (secondary N) is 2. The smallest absolute Gasteiger partial charge is 0.324 e. The fraction of sp³-hybridized carbons (Fsp3) is 0.250. The van der Waals surface area contributed by atoms with Gasteiger partial charge >= 0.3 is 6.03 Å². The van der Waals surface area contributed by atoms with E-state index in [4.69, 9.17) is 9.47 Å². The van der Waals surface area contributed by atoms with Crippen LogP contribution < -0.4 is 20.1 Å². The molecule has 8 nitrogen and oxygen atoms in total. The third-order valence-electron chi connectivity index (χ3n) is 4.47. The Labute approximate surface area is 161 Å². The van der Waals surface area contributed by atoms with E-state index in [1.54, 1.807) is 42.5 Å².